The predicted octanol–water partition coefficient (Wildman–Crippen LogP) is 0.711. The molecular weight excluding hydrogens is 234 g/mol. The molecule has 1 aliphatic heterocycles. The van der Waals surface area contributed by atoms with Crippen LogP contribution < -0.4 is 5.32 Å². The molecule has 1 fully saturated rings. The number of carbonyl (C=O) groups excluding carboxylic acids is 2. The lowest BCUT2D eigenvalue weighted by molar-refractivity contribution is -0.140. The summed E-state index contributed by atoms with van der Waals surface area (Å²) in [4.78, 5) is 28.4. The highest BCUT2D eigenvalue weighted by Gasteiger charge is 2.29. The number of methoxy groups -OCH3 is 1. The van der Waals surface area contributed by atoms with Gasteiger partial charge in [-0.3, -0.25) is 9.78 Å². The third-order valence-corrected chi connectivity index (χ3v) is 2.89. The first-order valence-corrected chi connectivity index (χ1v) is 5.73. The van der Waals surface area contributed by atoms with Crippen molar-refractivity contribution in [3.05, 3.63) is 30.1 Å². The van der Waals surface area contributed by atoms with E-state index in [9.17, 15) is 9.59 Å². The molecule has 0 bridgehead atoms. The molecule has 2 heterocycles. The van der Waals surface area contributed by atoms with Crippen molar-refractivity contribution in [1.29, 1.82) is 0 Å². The highest BCUT2D eigenvalue weighted by Crippen LogP contribution is 2.19. The van der Waals surface area contributed by atoms with E-state index in [1.165, 1.54) is 7.11 Å². The SMILES string of the molecule is COC(=O)CCN1CC(c2cccnc2)NC1=O. The smallest absolute Gasteiger partial charge is 0.318 e. The summed E-state index contributed by atoms with van der Waals surface area (Å²) in [5.41, 5.74) is 0.964. The number of carbonyl (C=O) groups is 2. The molecule has 2 rings (SSSR count). The van der Waals surface area contributed by atoms with E-state index in [-0.39, 0.29) is 24.5 Å². The Morgan fingerprint density at radius 3 is 3.17 bits per heavy atom. The van der Waals surface area contributed by atoms with Gasteiger partial charge in [-0.05, 0) is 11.6 Å². The van der Waals surface area contributed by atoms with Crippen LogP contribution in [0.3, 0.4) is 0 Å². The van der Waals surface area contributed by atoms with Gasteiger partial charge in [-0.2, -0.15) is 0 Å². The van der Waals surface area contributed by atoms with E-state index in [0.717, 1.165) is 5.56 Å². The second kappa shape index (κ2) is 5.48. The summed E-state index contributed by atoms with van der Waals surface area (Å²) in [5.74, 6) is -0.312. The standard InChI is InChI=1S/C12H15N3O3/c1-18-11(16)4-6-15-8-10(14-12(15)17)9-3-2-5-13-7-9/h2-3,5,7,10H,4,6,8H2,1H3,(H,14,17). The Bertz CT molecular complexity index is 435. The zero-order chi connectivity index (χ0) is 13.0. The van der Waals surface area contributed by atoms with Crippen molar-refractivity contribution >= 4 is 12.0 Å². The Morgan fingerprint density at radius 1 is 1.67 bits per heavy atom. The molecule has 1 aromatic heterocycles. The van der Waals surface area contributed by atoms with Crippen molar-refractivity contribution in [3.63, 3.8) is 0 Å². The van der Waals surface area contributed by atoms with Gasteiger partial charge in [0.15, 0.2) is 0 Å². The van der Waals surface area contributed by atoms with Gasteiger partial charge in [0.05, 0.1) is 19.6 Å². The van der Waals surface area contributed by atoms with Crippen LogP contribution in [-0.2, 0) is 9.53 Å². The lowest BCUT2D eigenvalue weighted by Gasteiger charge is -2.13. The van der Waals surface area contributed by atoms with Crippen LogP contribution in [0.5, 0.6) is 0 Å². The number of rotatable bonds is 4. The average molecular weight is 249 g/mol. The van der Waals surface area contributed by atoms with Gasteiger partial charge in [0.1, 0.15) is 0 Å². The monoisotopic (exact) mass is 249 g/mol. The molecule has 1 N–H and O–H groups in total. The molecule has 1 unspecified atom stereocenters. The lowest BCUT2D eigenvalue weighted by atomic mass is 10.1. The number of amides is 2. The van der Waals surface area contributed by atoms with E-state index in [4.69, 9.17) is 0 Å². The molecule has 6 nitrogen and oxygen atoms in total. The number of hydrogen-bond acceptors (Lipinski definition) is 4. The van der Waals surface area contributed by atoms with Crippen LogP contribution in [0.15, 0.2) is 24.5 Å². The number of nitrogens with zero attached hydrogens (tertiary/aromatic N) is 2. The Kier molecular flexibility index (Phi) is 3.76. The Hall–Kier alpha value is -2.11. The quantitative estimate of drug-likeness (QED) is 0.798. The van der Waals surface area contributed by atoms with Crippen LogP contribution >= 0.6 is 0 Å². The molecule has 0 aliphatic carbocycles. The minimum Gasteiger partial charge on any atom is -0.469 e. The third kappa shape index (κ3) is 2.77. The summed E-state index contributed by atoms with van der Waals surface area (Å²) in [6, 6.07) is 3.52. The van der Waals surface area contributed by atoms with Crippen LogP contribution in [0.1, 0.15) is 18.0 Å². The zero-order valence-corrected chi connectivity index (χ0v) is 10.1. The maximum Gasteiger partial charge on any atom is 0.318 e. The second-order valence-corrected chi connectivity index (χ2v) is 4.06. The van der Waals surface area contributed by atoms with Gasteiger partial charge in [-0.15, -0.1) is 0 Å². The molecule has 1 atom stereocenters. The average Bonchev–Trinajstić information content (AvgIpc) is 2.78. The van der Waals surface area contributed by atoms with Crippen LogP contribution in [0.4, 0.5) is 4.79 Å². The fourth-order valence-corrected chi connectivity index (χ4v) is 1.88. The molecule has 1 aromatic rings. The van der Waals surface area contributed by atoms with E-state index < -0.39 is 0 Å². The molecule has 1 aliphatic rings. The van der Waals surface area contributed by atoms with Gasteiger partial charge in [0.25, 0.3) is 0 Å². The molecule has 0 radical (unpaired) electrons. The third-order valence-electron chi connectivity index (χ3n) is 2.89. The van der Waals surface area contributed by atoms with Gasteiger partial charge < -0.3 is 15.0 Å². The van der Waals surface area contributed by atoms with Crippen LogP contribution in [0.25, 0.3) is 0 Å². The fourth-order valence-electron chi connectivity index (χ4n) is 1.88. The van der Waals surface area contributed by atoms with Crippen molar-refractivity contribution in [1.82, 2.24) is 15.2 Å². The molecule has 0 spiro atoms. The summed E-state index contributed by atoms with van der Waals surface area (Å²) in [5, 5.41) is 2.86. The first kappa shape index (κ1) is 12.3. The van der Waals surface area contributed by atoms with Crippen molar-refractivity contribution in [2.45, 2.75) is 12.5 Å². The number of urea groups is 1. The van der Waals surface area contributed by atoms with Crippen molar-refractivity contribution in [2.24, 2.45) is 0 Å². The summed E-state index contributed by atoms with van der Waals surface area (Å²) in [6.45, 7) is 0.913. The van der Waals surface area contributed by atoms with E-state index in [1.807, 2.05) is 12.1 Å². The van der Waals surface area contributed by atoms with E-state index in [2.05, 4.69) is 15.0 Å². The van der Waals surface area contributed by atoms with E-state index in [1.54, 1.807) is 17.3 Å². The maximum atomic E-state index is 11.7. The predicted molar refractivity (Wildman–Crippen MR) is 63.7 cm³/mol. The van der Waals surface area contributed by atoms with Crippen molar-refractivity contribution < 1.29 is 14.3 Å². The number of ether oxygens (including phenoxy) is 1. The maximum absolute atomic E-state index is 11.7. The Labute approximate surface area is 105 Å². The number of esters is 1. The van der Waals surface area contributed by atoms with E-state index >= 15 is 0 Å². The Morgan fingerprint density at radius 2 is 2.50 bits per heavy atom. The molecule has 18 heavy (non-hydrogen) atoms. The summed E-state index contributed by atoms with van der Waals surface area (Å²) in [6.07, 6.45) is 3.63. The number of pyridine rings is 1. The fraction of sp³-hybridized carbons (Fsp3) is 0.417. The Balaban J connectivity index is 1.93. The van der Waals surface area contributed by atoms with Crippen molar-refractivity contribution in [2.75, 3.05) is 20.2 Å². The minimum absolute atomic E-state index is 0.0659. The highest BCUT2D eigenvalue weighted by atomic mass is 16.5. The largest absolute Gasteiger partial charge is 0.469 e. The summed E-state index contributed by atoms with van der Waals surface area (Å²) >= 11 is 0. The molecule has 1 saturated heterocycles. The minimum atomic E-state index is -0.312. The summed E-state index contributed by atoms with van der Waals surface area (Å²) < 4.78 is 4.55. The number of hydrogen-bond donors (Lipinski definition) is 1. The van der Waals surface area contributed by atoms with Crippen LogP contribution in [-0.4, -0.2) is 42.1 Å². The zero-order valence-electron chi connectivity index (χ0n) is 10.1. The molecule has 96 valence electrons. The number of aromatic nitrogens is 1. The normalized spacial score (nSPS) is 18.6. The molecule has 6 heteroatoms. The number of nitrogens with one attached hydrogen (secondary N) is 1. The first-order valence-electron chi connectivity index (χ1n) is 5.73. The van der Waals surface area contributed by atoms with Gasteiger partial charge in [0, 0.05) is 25.5 Å². The van der Waals surface area contributed by atoms with Gasteiger partial charge in [-0.25, -0.2) is 4.79 Å². The van der Waals surface area contributed by atoms with E-state index in [0.29, 0.717) is 13.1 Å². The molecule has 2 amide bonds. The molecular formula is C12H15N3O3. The van der Waals surface area contributed by atoms with Gasteiger partial charge >= 0.3 is 12.0 Å². The molecule has 0 saturated carbocycles. The highest BCUT2D eigenvalue weighted by molar-refractivity contribution is 5.78. The lowest BCUT2D eigenvalue weighted by Crippen LogP contribution is -2.30. The van der Waals surface area contributed by atoms with Gasteiger partial charge in [-0.1, -0.05) is 6.07 Å². The molecule has 0 aromatic carbocycles. The second-order valence-electron chi connectivity index (χ2n) is 4.06. The van der Waals surface area contributed by atoms with Crippen LogP contribution in [0.2, 0.25) is 0 Å². The van der Waals surface area contributed by atoms with Gasteiger partial charge in [0.2, 0.25) is 0 Å². The topological polar surface area (TPSA) is 71.5 Å². The summed E-state index contributed by atoms with van der Waals surface area (Å²) in [7, 11) is 1.34. The van der Waals surface area contributed by atoms with Crippen LogP contribution in [0, 0.1) is 0 Å². The van der Waals surface area contributed by atoms with Crippen molar-refractivity contribution in [3.8, 4) is 0 Å². The first-order chi connectivity index (χ1) is 8.70.